The summed E-state index contributed by atoms with van der Waals surface area (Å²) in [5, 5.41) is 8.63. The molecule has 0 aromatic heterocycles. The Morgan fingerprint density at radius 1 is 0.939 bits per heavy atom. The predicted molar refractivity (Wildman–Crippen MR) is 138 cm³/mol. The molecule has 3 aromatic rings. The maximum atomic E-state index is 12.5. The average Bonchev–Trinajstić information content (AvgIpc) is 2.79. The second kappa shape index (κ2) is 11.6. The molecule has 0 atom stereocenters. The number of rotatable bonds is 7. The Hall–Kier alpha value is -3.23. The van der Waals surface area contributed by atoms with Crippen molar-refractivity contribution in [3.8, 4) is 5.75 Å². The normalized spacial score (nSPS) is 10.4. The standard InChI is InChI=1S/C25H24BrN3O3S/c1-16(2)32-22-13-10-19(14-21(22)26)24(31)29-25(33)28-20-11-8-18(9-12-20)23(30)27-15-17-6-4-3-5-7-17/h3-14,16H,15H2,1-2H3,(H,27,30)(H2,28,29,31,33). The van der Waals surface area contributed by atoms with Crippen LogP contribution in [0.3, 0.4) is 0 Å². The number of amides is 2. The highest BCUT2D eigenvalue weighted by atomic mass is 79.9. The Morgan fingerprint density at radius 3 is 2.24 bits per heavy atom. The van der Waals surface area contributed by atoms with Crippen LogP contribution in [0.25, 0.3) is 0 Å². The molecule has 3 N–H and O–H groups in total. The van der Waals surface area contributed by atoms with Gasteiger partial charge in [-0.15, -0.1) is 0 Å². The number of carbonyl (C=O) groups is 2. The summed E-state index contributed by atoms with van der Waals surface area (Å²) in [6, 6.07) is 21.6. The zero-order valence-corrected chi connectivity index (χ0v) is 20.6. The third-order valence-corrected chi connectivity index (χ3v) is 5.31. The first-order valence-electron chi connectivity index (χ1n) is 10.3. The number of nitrogens with one attached hydrogen (secondary N) is 3. The summed E-state index contributed by atoms with van der Waals surface area (Å²) >= 11 is 8.67. The zero-order valence-electron chi connectivity index (χ0n) is 18.2. The van der Waals surface area contributed by atoms with E-state index in [9.17, 15) is 9.59 Å². The van der Waals surface area contributed by atoms with E-state index in [-0.39, 0.29) is 23.0 Å². The van der Waals surface area contributed by atoms with E-state index in [1.807, 2.05) is 44.2 Å². The van der Waals surface area contributed by atoms with Gasteiger partial charge in [-0.05, 0) is 90.0 Å². The lowest BCUT2D eigenvalue weighted by molar-refractivity contribution is 0.0948. The minimum absolute atomic E-state index is 0.0269. The summed E-state index contributed by atoms with van der Waals surface area (Å²) in [5.41, 5.74) is 2.65. The highest BCUT2D eigenvalue weighted by Gasteiger charge is 2.12. The Labute approximate surface area is 206 Å². The van der Waals surface area contributed by atoms with Crippen molar-refractivity contribution < 1.29 is 14.3 Å². The monoisotopic (exact) mass is 525 g/mol. The van der Waals surface area contributed by atoms with E-state index in [0.717, 1.165) is 5.56 Å². The molecule has 0 fully saturated rings. The molecular formula is C25H24BrN3O3S. The van der Waals surface area contributed by atoms with Crippen LogP contribution < -0.4 is 20.7 Å². The number of halogens is 1. The first kappa shape index (κ1) is 24.4. The molecule has 0 spiro atoms. The van der Waals surface area contributed by atoms with E-state index in [4.69, 9.17) is 17.0 Å². The van der Waals surface area contributed by atoms with E-state index < -0.39 is 0 Å². The molecule has 0 saturated carbocycles. The molecular weight excluding hydrogens is 502 g/mol. The van der Waals surface area contributed by atoms with Crippen molar-refractivity contribution in [1.82, 2.24) is 10.6 Å². The van der Waals surface area contributed by atoms with Crippen LogP contribution in [0.1, 0.15) is 40.1 Å². The molecule has 33 heavy (non-hydrogen) atoms. The maximum Gasteiger partial charge on any atom is 0.257 e. The van der Waals surface area contributed by atoms with Crippen molar-refractivity contribution >= 4 is 50.8 Å². The van der Waals surface area contributed by atoms with Crippen LogP contribution in [0.2, 0.25) is 0 Å². The van der Waals surface area contributed by atoms with Crippen LogP contribution in [-0.2, 0) is 6.54 Å². The molecule has 3 rings (SSSR count). The van der Waals surface area contributed by atoms with Gasteiger partial charge in [0.05, 0.1) is 10.6 Å². The van der Waals surface area contributed by atoms with Crippen LogP contribution in [0, 0.1) is 0 Å². The van der Waals surface area contributed by atoms with Gasteiger partial charge in [-0.2, -0.15) is 0 Å². The van der Waals surface area contributed by atoms with Crippen LogP contribution in [0.5, 0.6) is 5.75 Å². The maximum absolute atomic E-state index is 12.5. The van der Waals surface area contributed by atoms with Gasteiger partial charge in [0.15, 0.2) is 5.11 Å². The van der Waals surface area contributed by atoms with Gasteiger partial charge >= 0.3 is 0 Å². The number of hydrogen-bond donors (Lipinski definition) is 3. The fraction of sp³-hybridized carbons (Fsp3) is 0.160. The van der Waals surface area contributed by atoms with E-state index >= 15 is 0 Å². The van der Waals surface area contributed by atoms with Gasteiger partial charge in [0.25, 0.3) is 11.8 Å². The number of ether oxygens (including phenoxy) is 1. The summed E-state index contributed by atoms with van der Waals surface area (Å²) < 4.78 is 6.34. The molecule has 0 bridgehead atoms. The Morgan fingerprint density at radius 2 is 1.61 bits per heavy atom. The molecule has 0 aliphatic heterocycles. The third kappa shape index (κ3) is 7.40. The molecule has 0 heterocycles. The van der Waals surface area contributed by atoms with Crippen molar-refractivity contribution in [2.24, 2.45) is 0 Å². The van der Waals surface area contributed by atoms with Gasteiger partial charge in [0, 0.05) is 23.4 Å². The van der Waals surface area contributed by atoms with Gasteiger partial charge < -0.3 is 15.4 Å². The van der Waals surface area contributed by atoms with Crippen molar-refractivity contribution in [3.63, 3.8) is 0 Å². The fourth-order valence-corrected chi connectivity index (χ4v) is 3.60. The van der Waals surface area contributed by atoms with E-state index in [1.165, 1.54) is 0 Å². The lowest BCUT2D eigenvalue weighted by Crippen LogP contribution is -2.34. The highest BCUT2D eigenvalue weighted by molar-refractivity contribution is 9.10. The topological polar surface area (TPSA) is 79.5 Å². The lowest BCUT2D eigenvalue weighted by Gasteiger charge is -2.13. The molecule has 0 saturated heterocycles. The van der Waals surface area contributed by atoms with E-state index in [0.29, 0.717) is 33.6 Å². The van der Waals surface area contributed by atoms with Gasteiger partial charge in [-0.25, -0.2) is 0 Å². The molecule has 0 aliphatic rings. The van der Waals surface area contributed by atoms with Gasteiger partial charge in [-0.3, -0.25) is 14.9 Å². The summed E-state index contributed by atoms with van der Waals surface area (Å²) in [6.07, 6.45) is 0.0269. The average molecular weight is 526 g/mol. The summed E-state index contributed by atoms with van der Waals surface area (Å²) in [4.78, 5) is 24.8. The summed E-state index contributed by atoms with van der Waals surface area (Å²) in [5.74, 6) is 0.146. The number of carbonyl (C=O) groups excluding carboxylic acids is 2. The summed E-state index contributed by atoms with van der Waals surface area (Å²) in [6.45, 7) is 4.32. The van der Waals surface area contributed by atoms with Crippen molar-refractivity contribution in [2.45, 2.75) is 26.5 Å². The second-order valence-corrected chi connectivity index (χ2v) is 8.73. The fourth-order valence-electron chi connectivity index (χ4n) is 2.91. The zero-order chi connectivity index (χ0) is 23.8. The van der Waals surface area contributed by atoms with Crippen LogP contribution in [0.4, 0.5) is 5.69 Å². The Bertz CT molecular complexity index is 1140. The number of thiocarbonyl (C=S) groups is 1. The summed E-state index contributed by atoms with van der Waals surface area (Å²) in [7, 11) is 0. The number of anilines is 1. The molecule has 8 heteroatoms. The molecule has 3 aromatic carbocycles. The SMILES string of the molecule is CC(C)Oc1ccc(C(=O)NC(=S)Nc2ccc(C(=O)NCc3ccccc3)cc2)cc1Br. The Balaban J connectivity index is 1.52. The van der Waals surface area contributed by atoms with Gasteiger partial charge in [-0.1, -0.05) is 30.3 Å². The smallest absolute Gasteiger partial charge is 0.257 e. The Kier molecular flexibility index (Phi) is 8.57. The quantitative estimate of drug-likeness (QED) is 0.365. The lowest BCUT2D eigenvalue weighted by atomic mass is 10.1. The molecule has 0 radical (unpaired) electrons. The molecule has 0 unspecified atom stereocenters. The van der Waals surface area contributed by atoms with E-state index in [1.54, 1.807) is 42.5 Å². The molecule has 170 valence electrons. The van der Waals surface area contributed by atoms with Crippen LogP contribution >= 0.6 is 28.1 Å². The molecule has 0 aliphatic carbocycles. The largest absolute Gasteiger partial charge is 0.490 e. The second-order valence-electron chi connectivity index (χ2n) is 7.47. The number of hydrogen-bond acceptors (Lipinski definition) is 4. The van der Waals surface area contributed by atoms with Crippen molar-refractivity contribution in [1.29, 1.82) is 0 Å². The number of benzene rings is 3. The first-order valence-corrected chi connectivity index (χ1v) is 11.5. The highest BCUT2D eigenvalue weighted by Crippen LogP contribution is 2.27. The third-order valence-electron chi connectivity index (χ3n) is 4.48. The molecule has 2 amide bonds. The first-order chi connectivity index (χ1) is 15.8. The van der Waals surface area contributed by atoms with Gasteiger partial charge in [0.2, 0.25) is 0 Å². The van der Waals surface area contributed by atoms with Crippen molar-refractivity contribution in [2.75, 3.05) is 5.32 Å². The van der Waals surface area contributed by atoms with E-state index in [2.05, 4.69) is 31.9 Å². The minimum Gasteiger partial charge on any atom is -0.490 e. The predicted octanol–water partition coefficient (Wildman–Crippen LogP) is 5.29. The molecule has 6 nitrogen and oxygen atoms in total. The van der Waals surface area contributed by atoms with Crippen molar-refractivity contribution in [3.05, 3.63) is 94.0 Å². The minimum atomic E-state index is -0.346. The van der Waals surface area contributed by atoms with Crippen LogP contribution in [0.15, 0.2) is 77.3 Å². The van der Waals surface area contributed by atoms with Gasteiger partial charge in [0.1, 0.15) is 5.75 Å². The van der Waals surface area contributed by atoms with Crippen LogP contribution in [-0.4, -0.2) is 23.0 Å².